The van der Waals surface area contributed by atoms with E-state index < -0.39 is 4.92 Å². The van der Waals surface area contributed by atoms with Crippen LogP contribution in [-0.2, 0) is 0 Å². The fraction of sp³-hybridized carbons (Fsp3) is 0.400. The molecule has 1 aromatic carbocycles. The number of nitro benzene ring substituents is 1. The molecule has 0 bridgehead atoms. The third kappa shape index (κ3) is 2.18. The van der Waals surface area contributed by atoms with Gasteiger partial charge in [-0.15, -0.1) is 0 Å². The van der Waals surface area contributed by atoms with Crippen molar-refractivity contribution in [3.8, 4) is 5.75 Å². The number of rotatable bonds is 4. The molecule has 0 radical (unpaired) electrons. The van der Waals surface area contributed by atoms with Crippen molar-refractivity contribution in [1.29, 1.82) is 0 Å². The molecule has 0 spiro atoms. The molecule has 0 fully saturated rings. The molecule has 0 aliphatic heterocycles. The number of methoxy groups -OCH3 is 1. The van der Waals surface area contributed by atoms with Crippen molar-refractivity contribution >= 4 is 11.4 Å². The zero-order chi connectivity index (χ0) is 11.4. The molecule has 0 aliphatic carbocycles. The molecule has 1 aromatic rings. The number of ether oxygens (including phenoxy) is 1. The van der Waals surface area contributed by atoms with E-state index >= 15 is 0 Å². The predicted octanol–water partition coefficient (Wildman–Crippen LogP) is 2.34. The maximum absolute atomic E-state index is 10.9. The Bertz CT molecular complexity index is 377. The molecule has 1 N–H and O–H groups in total. The molecule has 0 atom stereocenters. The molecule has 0 aliphatic rings. The van der Waals surface area contributed by atoms with Gasteiger partial charge in [-0.25, -0.2) is 0 Å². The largest absolute Gasteiger partial charge is 0.494 e. The third-order valence-electron chi connectivity index (χ3n) is 2.10. The first kappa shape index (κ1) is 11.3. The number of nitro groups is 1. The molecule has 0 unspecified atom stereocenters. The van der Waals surface area contributed by atoms with E-state index in [4.69, 9.17) is 4.74 Å². The number of nitrogens with zero attached hydrogens (tertiary/aromatic N) is 1. The van der Waals surface area contributed by atoms with Crippen LogP contribution in [0.3, 0.4) is 0 Å². The molecule has 1 rings (SSSR count). The van der Waals surface area contributed by atoms with Gasteiger partial charge in [-0.2, -0.15) is 0 Å². The zero-order valence-corrected chi connectivity index (χ0v) is 9.03. The lowest BCUT2D eigenvalue weighted by atomic mass is 10.1. The quantitative estimate of drug-likeness (QED) is 0.612. The molecular weight excluding hydrogens is 196 g/mol. The van der Waals surface area contributed by atoms with E-state index in [2.05, 4.69) is 5.32 Å². The van der Waals surface area contributed by atoms with Crippen molar-refractivity contribution in [2.45, 2.75) is 13.8 Å². The van der Waals surface area contributed by atoms with Gasteiger partial charge in [0.15, 0.2) is 5.69 Å². The Hall–Kier alpha value is -1.78. The van der Waals surface area contributed by atoms with Gasteiger partial charge < -0.3 is 10.1 Å². The van der Waals surface area contributed by atoms with E-state index in [-0.39, 0.29) is 5.69 Å². The normalized spacial score (nSPS) is 9.80. The summed E-state index contributed by atoms with van der Waals surface area (Å²) in [7, 11) is 1.50. The Morgan fingerprint density at radius 3 is 2.67 bits per heavy atom. The summed E-state index contributed by atoms with van der Waals surface area (Å²) < 4.78 is 5.08. The van der Waals surface area contributed by atoms with Crippen LogP contribution in [0.15, 0.2) is 12.1 Å². The van der Waals surface area contributed by atoms with Crippen LogP contribution in [0.25, 0.3) is 0 Å². The highest BCUT2D eigenvalue weighted by Gasteiger charge is 2.20. The van der Waals surface area contributed by atoms with Crippen LogP contribution in [0, 0.1) is 17.0 Å². The first-order valence-corrected chi connectivity index (χ1v) is 4.67. The molecular formula is C10H14N2O3. The standard InChI is InChI=1S/C10H14N2O3/c1-4-11-9-8(15-3)6-5-7(2)10(9)12(13)14/h5-6,11H,4H2,1-3H3. The van der Waals surface area contributed by atoms with Gasteiger partial charge in [0.05, 0.1) is 12.0 Å². The highest BCUT2D eigenvalue weighted by atomic mass is 16.6. The maximum atomic E-state index is 10.9. The van der Waals surface area contributed by atoms with E-state index in [1.165, 1.54) is 7.11 Å². The van der Waals surface area contributed by atoms with Gasteiger partial charge in [0.2, 0.25) is 0 Å². The van der Waals surface area contributed by atoms with E-state index in [1.807, 2.05) is 6.92 Å². The molecule has 5 nitrogen and oxygen atoms in total. The van der Waals surface area contributed by atoms with Crippen LogP contribution in [0.4, 0.5) is 11.4 Å². The minimum Gasteiger partial charge on any atom is -0.494 e. The number of hydrogen-bond donors (Lipinski definition) is 1. The lowest BCUT2D eigenvalue weighted by Gasteiger charge is -2.11. The Morgan fingerprint density at radius 1 is 1.53 bits per heavy atom. The van der Waals surface area contributed by atoms with Gasteiger partial charge in [0.25, 0.3) is 5.69 Å². The highest BCUT2D eigenvalue weighted by Crippen LogP contribution is 2.36. The summed E-state index contributed by atoms with van der Waals surface area (Å²) in [6, 6.07) is 3.40. The second kappa shape index (κ2) is 4.63. The Kier molecular flexibility index (Phi) is 3.49. The summed E-state index contributed by atoms with van der Waals surface area (Å²) in [6.45, 7) is 4.20. The van der Waals surface area contributed by atoms with E-state index in [1.54, 1.807) is 19.1 Å². The average molecular weight is 210 g/mol. The monoisotopic (exact) mass is 210 g/mol. The lowest BCUT2D eigenvalue weighted by molar-refractivity contribution is -0.384. The molecule has 5 heteroatoms. The summed E-state index contributed by atoms with van der Waals surface area (Å²) in [4.78, 5) is 10.5. The van der Waals surface area contributed by atoms with Gasteiger partial charge in [0, 0.05) is 12.1 Å². The summed E-state index contributed by atoms with van der Waals surface area (Å²) in [5, 5.41) is 13.8. The van der Waals surface area contributed by atoms with Gasteiger partial charge >= 0.3 is 0 Å². The van der Waals surface area contributed by atoms with Gasteiger partial charge in [-0.3, -0.25) is 10.1 Å². The van der Waals surface area contributed by atoms with Gasteiger partial charge in [-0.1, -0.05) is 0 Å². The number of benzene rings is 1. The van der Waals surface area contributed by atoms with Crippen molar-refractivity contribution in [1.82, 2.24) is 0 Å². The van der Waals surface area contributed by atoms with Crippen LogP contribution >= 0.6 is 0 Å². The number of hydrogen-bond acceptors (Lipinski definition) is 4. The van der Waals surface area contributed by atoms with Crippen LogP contribution in [-0.4, -0.2) is 18.6 Å². The van der Waals surface area contributed by atoms with Crippen molar-refractivity contribution in [2.75, 3.05) is 19.0 Å². The first-order chi connectivity index (χ1) is 7.11. The Balaban J connectivity index is 3.36. The number of nitrogens with one attached hydrogen (secondary N) is 1. The first-order valence-electron chi connectivity index (χ1n) is 4.67. The molecule has 0 amide bonds. The van der Waals surface area contributed by atoms with Crippen molar-refractivity contribution < 1.29 is 9.66 Å². The summed E-state index contributed by atoms with van der Waals surface area (Å²) in [5.41, 5.74) is 1.15. The number of aryl methyl sites for hydroxylation is 1. The highest BCUT2D eigenvalue weighted by molar-refractivity contribution is 5.72. The zero-order valence-electron chi connectivity index (χ0n) is 9.03. The topological polar surface area (TPSA) is 64.4 Å². The molecule has 0 saturated carbocycles. The number of anilines is 1. The fourth-order valence-corrected chi connectivity index (χ4v) is 1.43. The Morgan fingerprint density at radius 2 is 2.20 bits per heavy atom. The summed E-state index contributed by atoms with van der Waals surface area (Å²) in [5.74, 6) is 0.495. The van der Waals surface area contributed by atoms with Gasteiger partial charge in [-0.05, 0) is 26.0 Å². The van der Waals surface area contributed by atoms with Crippen LogP contribution in [0.2, 0.25) is 0 Å². The van der Waals surface area contributed by atoms with E-state index in [9.17, 15) is 10.1 Å². The second-order valence-electron chi connectivity index (χ2n) is 3.10. The molecule has 0 heterocycles. The maximum Gasteiger partial charge on any atom is 0.299 e. The minimum atomic E-state index is -0.393. The van der Waals surface area contributed by atoms with Gasteiger partial charge in [0.1, 0.15) is 5.75 Å². The van der Waals surface area contributed by atoms with Crippen molar-refractivity contribution in [2.24, 2.45) is 0 Å². The third-order valence-corrected chi connectivity index (χ3v) is 2.10. The summed E-state index contributed by atoms with van der Waals surface area (Å²) >= 11 is 0. The second-order valence-corrected chi connectivity index (χ2v) is 3.10. The average Bonchev–Trinajstić information content (AvgIpc) is 2.18. The predicted molar refractivity (Wildman–Crippen MR) is 58.5 cm³/mol. The van der Waals surface area contributed by atoms with Crippen molar-refractivity contribution in [3.05, 3.63) is 27.8 Å². The fourth-order valence-electron chi connectivity index (χ4n) is 1.43. The summed E-state index contributed by atoms with van der Waals surface area (Å²) in [6.07, 6.45) is 0. The molecule has 15 heavy (non-hydrogen) atoms. The van der Waals surface area contributed by atoms with Crippen LogP contribution in [0.1, 0.15) is 12.5 Å². The molecule has 82 valence electrons. The SMILES string of the molecule is CCNc1c(OC)ccc(C)c1[N+](=O)[O-]. The van der Waals surface area contributed by atoms with E-state index in [0.29, 0.717) is 23.5 Å². The minimum absolute atomic E-state index is 0.0798. The van der Waals surface area contributed by atoms with Crippen LogP contribution < -0.4 is 10.1 Å². The lowest BCUT2D eigenvalue weighted by Crippen LogP contribution is -2.04. The smallest absolute Gasteiger partial charge is 0.299 e. The molecule has 0 aromatic heterocycles. The van der Waals surface area contributed by atoms with Crippen molar-refractivity contribution in [3.63, 3.8) is 0 Å². The Labute approximate surface area is 88.2 Å². The van der Waals surface area contributed by atoms with Crippen LogP contribution in [0.5, 0.6) is 5.75 Å². The molecule has 0 saturated heterocycles. The van der Waals surface area contributed by atoms with E-state index in [0.717, 1.165) is 0 Å².